The van der Waals surface area contributed by atoms with E-state index in [-0.39, 0.29) is 30.0 Å². The lowest BCUT2D eigenvalue weighted by Crippen LogP contribution is -2.39. The summed E-state index contributed by atoms with van der Waals surface area (Å²) in [6, 6.07) is 10.6. The fourth-order valence-corrected chi connectivity index (χ4v) is 2.11. The lowest BCUT2D eigenvalue weighted by atomic mass is 10.1. The molecule has 1 saturated carbocycles. The Morgan fingerprint density at radius 1 is 1.32 bits per heavy atom. The molecule has 0 spiro atoms. The van der Waals surface area contributed by atoms with Gasteiger partial charge in [0.2, 0.25) is 0 Å². The van der Waals surface area contributed by atoms with Gasteiger partial charge in [-0.2, -0.15) is 0 Å². The van der Waals surface area contributed by atoms with Crippen LogP contribution >= 0.6 is 24.0 Å². The monoisotopic (exact) mass is 417 g/mol. The third kappa shape index (κ3) is 7.45. The number of guanidine groups is 1. The molecule has 2 rings (SSSR count). The summed E-state index contributed by atoms with van der Waals surface area (Å²) in [6.45, 7) is 7.38. The van der Waals surface area contributed by atoms with Crippen molar-refractivity contribution in [1.29, 1.82) is 0 Å². The van der Waals surface area contributed by atoms with Gasteiger partial charge in [0.1, 0.15) is 0 Å². The number of benzene rings is 1. The van der Waals surface area contributed by atoms with Crippen LogP contribution in [0.3, 0.4) is 0 Å². The molecule has 1 atom stereocenters. The first-order valence-corrected chi connectivity index (χ1v) is 7.97. The third-order valence-electron chi connectivity index (χ3n) is 3.55. The fourth-order valence-electron chi connectivity index (χ4n) is 2.11. The molecule has 5 heteroatoms. The second-order valence-electron chi connectivity index (χ2n) is 5.56. The molecular formula is C17H28IN3O. The number of hydrogen-bond acceptors (Lipinski definition) is 2. The first kappa shape index (κ1) is 19.2. The van der Waals surface area contributed by atoms with Gasteiger partial charge >= 0.3 is 0 Å². The Balaban J connectivity index is 0.00000242. The summed E-state index contributed by atoms with van der Waals surface area (Å²) >= 11 is 0. The van der Waals surface area contributed by atoms with Gasteiger partial charge in [0.15, 0.2) is 5.96 Å². The van der Waals surface area contributed by atoms with Crippen LogP contribution < -0.4 is 10.6 Å². The van der Waals surface area contributed by atoms with Crippen molar-refractivity contribution in [2.24, 2.45) is 10.9 Å². The smallest absolute Gasteiger partial charge is 0.191 e. The molecule has 0 heterocycles. The van der Waals surface area contributed by atoms with Crippen molar-refractivity contribution >= 4 is 29.9 Å². The van der Waals surface area contributed by atoms with Gasteiger partial charge in [-0.25, -0.2) is 0 Å². The number of rotatable bonds is 8. The van der Waals surface area contributed by atoms with Crippen LogP contribution in [-0.4, -0.2) is 32.3 Å². The quantitative estimate of drug-likeness (QED) is 0.295. The first-order chi connectivity index (χ1) is 10.3. The molecule has 0 aromatic heterocycles. The molecule has 0 amide bonds. The molecule has 1 fully saturated rings. The standard InChI is InChI=1S/C17H27N3O.HI/c1-3-18-17(19-11-12-21-13-15-9-10-15)20-14(2)16-7-5-4-6-8-16;/h4-8,14-15H,3,9-13H2,1-2H3,(H2,18,19,20);1H. The predicted molar refractivity (Wildman–Crippen MR) is 103 cm³/mol. The summed E-state index contributed by atoms with van der Waals surface area (Å²) in [5.74, 6) is 1.67. The lowest BCUT2D eigenvalue weighted by Gasteiger charge is -2.18. The molecule has 0 radical (unpaired) electrons. The average Bonchev–Trinajstić information content (AvgIpc) is 3.32. The van der Waals surface area contributed by atoms with E-state index in [1.165, 1.54) is 18.4 Å². The molecular weight excluding hydrogens is 389 g/mol. The average molecular weight is 417 g/mol. The van der Waals surface area contributed by atoms with E-state index < -0.39 is 0 Å². The molecule has 1 aromatic carbocycles. The number of halogens is 1. The molecule has 1 aliphatic carbocycles. The molecule has 4 nitrogen and oxygen atoms in total. The SMILES string of the molecule is CCNC(=NCCOCC1CC1)NC(C)c1ccccc1.I. The molecule has 1 aromatic rings. The normalized spacial score (nSPS) is 15.8. The van der Waals surface area contributed by atoms with E-state index in [4.69, 9.17) is 4.74 Å². The van der Waals surface area contributed by atoms with Crippen LogP contribution in [0.25, 0.3) is 0 Å². The molecule has 22 heavy (non-hydrogen) atoms. The number of ether oxygens (including phenoxy) is 1. The molecule has 1 aliphatic rings. The van der Waals surface area contributed by atoms with Crippen molar-refractivity contribution in [3.63, 3.8) is 0 Å². The molecule has 2 N–H and O–H groups in total. The van der Waals surface area contributed by atoms with E-state index in [0.717, 1.165) is 25.0 Å². The summed E-state index contributed by atoms with van der Waals surface area (Å²) in [6.07, 6.45) is 2.67. The highest BCUT2D eigenvalue weighted by atomic mass is 127. The molecule has 0 saturated heterocycles. The Bertz CT molecular complexity index is 435. The number of nitrogens with zero attached hydrogens (tertiary/aromatic N) is 1. The van der Waals surface area contributed by atoms with Crippen LogP contribution in [0, 0.1) is 5.92 Å². The maximum Gasteiger partial charge on any atom is 0.191 e. The molecule has 0 bridgehead atoms. The van der Waals surface area contributed by atoms with E-state index in [9.17, 15) is 0 Å². The van der Waals surface area contributed by atoms with E-state index in [2.05, 4.69) is 53.7 Å². The number of nitrogens with one attached hydrogen (secondary N) is 2. The summed E-state index contributed by atoms with van der Waals surface area (Å²) in [5.41, 5.74) is 1.26. The van der Waals surface area contributed by atoms with Gasteiger partial charge in [0.25, 0.3) is 0 Å². The highest BCUT2D eigenvalue weighted by molar-refractivity contribution is 14.0. The van der Waals surface area contributed by atoms with E-state index in [1.54, 1.807) is 0 Å². The summed E-state index contributed by atoms with van der Waals surface area (Å²) in [4.78, 5) is 4.57. The van der Waals surface area contributed by atoms with Crippen LogP contribution in [0.4, 0.5) is 0 Å². The minimum absolute atomic E-state index is 0. The van der Waals surface area contributed by atoms with Gasteiger partial charge in [-0.05, 0) is 38.2 Å². The highest BCUT2D eigenvalue weighted by Gasteiger charge is 2.20. The van der Waals surface area contributed by atoms with Crippen molar-refractivity contribution in [3.8, 4) is 0 Å². The zero-order chi connectivity index (χ0) is 14.9. The van der Waals surface area contributed by atoms with E-state index in [1.807, 2.05) is 6.07 Å². The van der Waals surface area contributed by atoms with Crippen LogP contribution in [0.1, 0.15) is 38.3 Å². The predicted octanol–water partition coefficient (Wildman–Crippen LogP) is 3.35. The lowest BCUT2D eigenvalue weighted by molar-refractivity contribution is 0.131. The zero-order valence-electron chi connectivity index (χ0n) is 13.5. The fraction of sp³-hybridized carbons (Fsp3) is 0.588. The topological polar surface area (TPSA) is 45.7 Å². The van der Waals surface area contributed by atoms with Gasteiger partial charge in [0, 0.05) is 13.2 Å². The van der Waals surface area contributed by atoms with Gasteiger partial charge in [0.05, 0.1) is 19.2 Å². The summed E-state index contributed by atoms with van der Waals surface area (Å²) in [7, 11) is 0. The third-order valence-corrected chi connectivity index (χ3v) is 3.55. The zero-order valence-corrected chi connectivity index (χ0v) is 15.9. The second-order valence-corrected chi connectivity index (χ2v) is 5.56. The first-order valence-electron chi connectivity index (χ1n) is 7.97. The van der Waals surface area contributed by atoms with Crippen LogP contribution in [0.2, 0.25) is 0 Å². The number of hydrogen-bond donors (Lipinski definition) is 2. The minimum atomic E-state index is 0. The maximum atomic E-state index is 5.61. The van der Waals surface area contributed by atoms with Gasteiger partial charge in [-0.1, -0.05) is 30.3 Å². The van der Waals surface area contributed by atoms with Crippen molar-refractivity contribution in [1.82, 2.24) is 10.6 Å². The van der Waals surface area contributed by atoms with Gasteiger partial charge < -0.3 is 15.4 Å². The van der Waals surface area contributed by atoms with Crippen LogP contribution in [-0.2, 0) is 4.74 Å². The van der Waals surface area contributed by atoms with Crippen LogP contribution in [0.15, 0.2) is 35.3 Å². The Morgan fingerprint density at radius 2 is 2.05 bits per heavy atom. The largest absolute Gasteiger partial charge is 0.379 e. The molecule has 0 aliphatic heterocycles. The molecule has 124 valence electrons. The Labute approximate surface area is 151 Å². The van der Waals surface area contributed by atoms with Gasteiger partial charge in [-0.3, -0.25) is 4.99 Å². The summed E-state index contributed by atoms with van der Waals surface area (Å²) < 4.78 is 5.61. The second kappa shape index (κ2) is 10.8. The number of aliphatic imine (C=N–C) groups is 1. The van der Waals surface area contributed by atoms with E-state index >= 15 is 0 Å². The van der Waals surface area contributed by atoms with Gasteiger partial charge in [-0.15, -0.1) is 24.0 Å². The Kier molecular flexibility index (Phi) is 9.47. The van der Waals surface area contributed by atoms with E-state index in [0.29, 0.717) is 13.2 Å². The van der Waals surface area contributed by atoms with Crippen LogP contribution in [0.5, 0.6) is 0 Å². The van der Waals surface area contributed by atoms with Crippen molar-refractivity contribution in [3.05, 3.63) is 35.9 Å². The summed E-state index contributed by atoms with van der Waals surface area (Å²) in [5, 5.41) is 6.71. The Morgan fingerprint density at radius 3 is 2.68 bits per heavy atom. The minimum Gasteiger partial charge on any atom is -0.379 e. The van der Waals surface area contributed by atoms with Crippen molar-refractivity contribution in [2.45, 2.75) is 32.7 Å². The van der Waals surface area contributed by atoms with Crippen molar-refractivity contribution < 1.29 is 4.74 Å². The maximum absolute atomic E-state index is 5.61. The highest BCUT2D eigenvalue weighted by Crippen LogP contribution is 2.28. The molecule has 1 unspecified atom stereocenters. The van der Waals surface area contributed by atoms with Crippen molar-refractivity contribution in [2.75, 3.05) is 26.3 Å². The Hall–Kier alpha value is -0.820.